The van der Waals surface area contributed by atoms with Crippen molar-refractivity contribution >= 4 is 5.91 Å². The van der Waals surface area contributed by atoms with Gasteiger partial charge in [-0.25, -0.2) is 0 Å². The molecule has 1 aromatic carbocycles. The molecular weight excluding hydrogens is 316 g/mol. The fourth-order valence-corrected chi connectivity index (χ4v) is 3.42. The molecule has 5 heteroatoms. The van der Waals surface area contributed by atoms with Crippen LogP contribution in [0.25, 0.3) is 0 Å². The summed E-state index contributed by atoms with van der Waals surface area (Å²) in [5.41, 5.74) is 3.45. The molecule has 140 valence electrons. The number of carbonyl (C=O) groups is 1. The minimum Gasteiger partial charge on any atom is -0.490 e. The lowest BCUT2D eigenvalue weighted by Gasteiger charge is -2.32. The molecule has 0 spiro atoms. The Hall–Kier alpha value is -1.59. The summed E-state index contributed by atoms with van der Waals surface area (Å²) in [5, 5.41) is 13.0. The topological polar surface area (TPSA) is 61.8 Å². The Morgan fingerprint density at radius 1 is 1.28 bits per heavy atom. The number of β-amino-alcohol motifs (C(OH)–C–C–N with tert-alkyl or cyclic N) is 1. The minimum absolute atomic E-state index is 0.121. The summed E-state index contributed by atoms with van der Waals surface area (Å²) in [6, 6.07) is 4.15. The Balaban J connectivity index is 1.76. The quantitative estimate of drug-likeness (QED) is 0.793. The first-order chi connectivity index (χ1) is 11.9. The highest BCUT2D eigenvalue weighted by Crippen LogP contribution is 2.26. The molecule has 1 unspecified atom stereocenters. The average molecular weight is 348 g/mol. The Kier molecular flexibility index (Phi) is 7.26. The number of benzene rings is 1. The number of aryl methyl sites for hydroxylation is 2. The number of rotatable bonds is 7. The van der Waals surface area contributed by atoms with E-state index in [1.807, 2.05) is 6.92 Å². The normalized spacial score (nSPS) is 17.3. The summed E-state index contributed by atoms with van der Waals surface area (Å²) in [7, 11) is 1.69. The van der Waals surface area contributed by atoms with Gasteiger partial charge in [-0.3, -0.25) is 4.79 Å². The van der Waals surface area contributed by atoms with E-state index in [4.69, 9.17) is 4.74 Å². The molecule has 1 saturated heterocycles. The van der Waals surface area contributed by atoms with Crippen molar-refractivity contribution in [1.29, 1.82) is 0 Å². The van der Waals surface area contributed by atoms with Crippen LogP contribution in [-0.2, 0) is 4.79 Å². The number of hydrogen-bond donors (Lipinski definition) is 2. The molecule has 2 N–H and O–H groups in total. The van der Waals surface area contributed by atoms with E-state index >= 15 is 0 Å². The van der Waals surface area contributed by atoms with Crippen molar-refractivity contribution < 1.29 is 14.6 Å². The van der Waals surface area contributed by atoms with Gasteiger partial charge in [0.25, 0.3) is 0 Å². The molecule has 5 nitrogen and oxygen atoms in total. The molecule has 0 aliphatic carbocycles. The second kappa shape index (κ2) is 9.20. The molecule has 1 fully saturated rings. The number of aliphatic hydroxyl groups excluding tert-OH is 1. The molecule has 0 radical (unpaired) electrons. The number of nitrogens with one attached hydrogen (secondary N) is 1. The maximum atomic E-state index is 11.5. The van der Waals surface area contributed by atoms with Crippen LogP contribution in [0.1, 0.15) is 36.0 Å². The molecule has 1 heterocycles. The van der Waals surface area contributed by atoms with E-state index in [-0.39, 0.29) is 5.91 Å². The standard InChI is InChI=1S/C20H32N2O3/c1-14-5-6-15(2)20(16(14)3)25-13-18(23)12-22-9-7-17(8-10-22)11-19(24)21-4/h5-6,17-18,23H,7-13H2,1-4H3,(H,21,24). The first-order valence-electron chi connectivity index (χ1n) is 9.21. The molecule has 1 aromatic rings. The smallest absolute Gasteiger partial charge is 0.220 e. The minimum atomic E-state index is -0.505. The number of nitrogens with zero attached hydrogens (tertiary/aromatic N) is 1. The van der Waals surface area contributed by atoms with Gasteiger partial charge in [-0.15, -0.1) is 0 Å². The molecular formula is C20H32N2O3. The summed E-state index contributed by atoms with van der Waals surface area (Å²) in [6.45, 7) is 8.95. The number of ether oxygens (including phenoxy) is 1. The van der Waals surface area contributed by atoms with Gasteiger partial charge in [0.05, 0.1) is 0 Å². The van der Waals surface area contributed by atoms with Crippen molar-refractivity contribution in [2.45, 2.75) is 46.1 Å². The van der Waals surface area contributed by atoms with Crippen molar-refractivity contribution in [2.24, 2.45) is 5.92 Å². The van der Waals surface area contributed by atoms with Gasteiger partial charge in [0.15, 0.2) is 0 Å². The number of carbonyl (C=O) groups excluding carboxylic acids is 1. The van der Waals surface area contributed by atoms with E-state index in [2.05, 4.69) is 36.2 Å². The van der Waals surface area contributed by atoms with Gasteiger partial charge in [0, 0.05) is 20.0 Å². The second-order valence-corrected chi connectivity index (χ2v) is 7.24. The highest BCUT2D eigenvalue weighted by Gasteiger charge is 2.23. The molecule has 25 heavy (non-hydrogen) atoms. The molecule has 1 atom stereocenters. The second-order valence-electron chi connectivity index (χ2n) is 7.24. The van der Waals surface area contributed by atoms with E-state index in [0.717, 1.165) is 42.8 Å². The fourth-order valence-electron chi connectivity index (χ4n) is 3.42. The van der Waals surface area contributed by atoms with Gasteiger partial charge in [-0.1, -0.05) is 12.1 Å². The molecule has 0 saturated carbocycles. The molecule has 1 amide bonds. The van der Waals surface area contributed by atoms with Crippen LogP contribution < -0.4 is 10.1 Å². The lowest BCUT2D eigenvalue weighted by atomic mass is 9.93. The van der Waals surface area contributed by atoms with Crippen LogP contribution in [0.5, 0.6) is 5.75 Å². The van der Waals surface area contributed by atoms with Gasteiger partial charge in [-0.05, 0) is 69.3 Å². The SMILES string of the molecule is CNC(=O)CC1CCN(CC(O)COc2c(C)ccc(C)c2C)CC1. The molecule has 1 aliphatic heterocycles. The van der Waals surface area contributed by atoms with Gasteiger partial charge in [0.2, 0.25) is 5.91 Å². The third kappa shape index (κ3) is 5.72. The van der Waals surface area contributed by atoms with Crippen LogP contribution in [0.3, 0.4) is 0 Å². The maximum absolute atomic E-state index is 11.5. The molecule has 0 aromatic heterocycles. The van der Waals surface area contributed by atoms with Crippen molar-refractivity contribution in [2.75, 3.05) is 33.3 Å². The number of amides is 1. The van der Waals surface area contributed by atoms with E-state index in [0.29, 0.717) is 25.5 Å². The van der Waals surface area contributed by atoms with Crippen molar-refractivity contribution in [3.05, 3.63) is 28.8 Å². The van der Waals surface area contributed by atoms with E-state index in [1.165, 1.54) is 5.56 Å². The van der Waals surface area contributed by atoms with Gasteiger partial charge < -0.3 is 20.1 Å². The largest absolute Gasteiger partial charge is 0.490 e. The van der Waals surface area contributed by atoms with E-state index < -0.39 is 6.10 Å². The Bertz CT molecular complexity index is 581. The number of hydrogen-bond acceptors (Lipinski definition) is 4. The highest BCUT2D eigenvalue weighted by atomic mass is 16.5. The number of piperidine rings is 1. The lowest BCUT2D eigenvalue weighted by Crippen LogP contribution is -2.41. The summed E-state index contributed by atoms with van der Waals surface area (Å²) >= 11 is 0. The zero-order valence-corrected chi connectivity index (χ0v) is 16.0. The van der Waals surface area contributed by atoms with Crippen LogP contribution in [0.15, 0.2) is 12.1 Å². The van der Waals surface area contributed by atoms with Crippen molar-refractivity contribution in [3.8, 4) is 5.75 Å². The van der Waals surface area contributed by atoms with Crippen LogP contribution in [0, 0.1) is 26.7 Å². The summed E-state index contributed by atoms with van der Waals surface area (Å²) in [4.78, 5) is 13.7. The van der Waals surface area contributed by atoms with Crippen molar-refractivity contribution in [3.63, 3.8) is 0 Å². The van der Waals surface area contributed by atoms with Gasteiger partial charge in [0.1, 0.15) is 18.5 Å². The Morgan fingerprint density at radius 3 is 2.56 bits per heavy atom. The van der Waals surface area contributed by atoms with E-state index in [9.17, 15) is 9.90 Å². The van der Waals surface area contributed by atoms with Gasteiger partial charge >= 0.3 is 0 Å². The third-order valence-corrected chi connectivity index (χ3v) is 5.22. The molecule has 2 rings (SSSR count). The first-order valence-corrected chi connectivity index (χ1v) is 9.21. The Labute approximate surface area is 151 Å². The van der Waals surface area contributed by atoms with Crippen LogP contribution >= 0.6 is 0 Å². The van der Waals surface area contributed by atoms with E-state index in [1.54, 1.807) is 7.05 Å². The van der Waals surface area contributed by atoms with Crippen LogP contribution in [0.2, 0.25) is 0 Å². The predicted molar refractivity (Wildman–Crippen MR) is 100 cm³/mol. The number of aliphatic hydroxyl groups is 1. The average Bonchev–Trinajstić information content (AvgIpc) is 2.60. The number of likely N-dealkylation sites (tertiary alicyclic amines) is 1. The third-order valence-electron chi connectivity index (χ3n) is 5.22. The predicted octanol–water partition coefficient (Wildman–Crippen LogP) is 2.20. The van der Waals surface area contributed by atoms with Crippen molar-refractivity contribution in [1.82, 2.24) is 10.2 Å². The fraction of sp³-hybridized carbons (Fsp3) is 0.650. The van der Waals surface area contributed by atoms with Crippen LogP contribution in [-0.4, -0.2) is 55.3 Å². The Morgan fingerprint density at radius 2 is 1.92 bits per heavy atom. The van der Waals surface area contributed by atoms with Crippen LogP contribution in [0.4, 0.5) is 0 Å². The summed E-state index contributed by atoms with van der Waals surface area (Å²) in [6.07, 6.45) is 2.13. The summed E-state index contributed by atoms with van der Waals surface area (Å²) < 4.78 is 5.91. The first kappa shape index (κ1) is 19.7. The monoisotopic (exact) mass is 348 g/mol. The maximum Gasteiger partial charge on any atom is 0.220 e. The highest BCUT2D eigenvalue weighted by molar-refractivity contribution is 5.75. The molecule has 0 bridgehead atoms. The zero-order valence-electron chi connectivity index (χ0n) is 16.0. The summed E-state index contributed by atoms with van der Waals surface area (Å²) in [5.74, 6) is 1.47. The zero-order chi connectivity index (χ0) is 18.4. The molecule has 1 aliphatic rings. The van der Waals surface area contributed by atoms with Gasteiger partial charge in [-0.2, -0.15) is 0 Å². The lowest BCUT2D eigenvalue weighted by molar-refractivity contribution is -0.121.